The van der Waals surface area contributed by atoms with Gasteiger partial charge in [-0.3, -0.25) is 9.48 Å². The molecule has 0 spiro atoms. The van der Waals surface area contributed by atoms with Gasteiger partial charge in [0.15, 0.2) is 0 Å². The van der Waals surface area contributed by atoms with Crippen LogP contribution in [-0.4, -0.2) is 59.5 Å². The summed E-state index contributed by atoms with van der Waals surface area (Å²) in [7, 11) is -2.07. The van der Waals surface area contributed by atoms with E-state index in [9.17, 15) is 17.6 Å². The second-order valence-electron chi connectivity index (χ2n) is 5.95. The van der Waals surface area contributed by atoms with E-state index in [0.29, 0.717) is 5.69 Å². The molecule has 2 heterocycles. The van der Waals surface area contributed by atoms with Gasteiger partial charge in [0.2, 0.25) is 10.0 Å². The van der Waals surface area contributed by atoms with E-state index < -0.39 is 15.8 Å². The molecule has 1 aliphatic rings. The van der Waals surface area contributed by atoms with E-state index in [-0.39, 0.29) is 37.0 Å². The number of amides is 1. The molecular weight excluding hydrogens is 347 g/mol. The molecule has 1 aliphatic heterocycles. The van der Waals surface area contributed by atoms with Crippen molar-refractivity contribution >= 4 is 15.9 Å². The highest BCUT2D eigenvalue weighted by Crippen LogP contribution is 2.19. The smallest absolute Gasteiger partial charge is 0.272 e. The summed E-state index contributed by atoms with van der Waals surface area (Å²) in [6.45, 7) is 2.69. The molecule has 134 valence electrons. The number of carbonyl (C=O) groups is 1. The summed E-state index contributed by atoms with van der Waals surface area (Å²) in [6, 6.07) is 6.65. The zero-order valence-electron chi connectivity index (χ0n) is 14.0. The summed E-state index contributed by atoms with van der Waals surface area (Å²) in [5.41, 5.74) is 1.22. The van der Waals surface area contributed by atoms with Crippen molar-refractivity contribution in [1.29, 1.82) is 0 Å². The number of sulfonamides is 1. The van der Waals surface area contributed by atoms with Crippen LogP contribution >= 0.6 is 0 Å². The van der Waals surface area contributed by atoms with Crippen molar-refractivity contribution in [2.75, 3.05) is 26.2 Å². The quantitative estimate of drug-likeness (QED) is 0.813. The van der Waals surface area contributed by atoms with Gasteiger partial charge in [0, 0.05) is 33.2 Å². The summed E-state index contributed by atoms with van der Waals surface area (Å²) in [5.74, 6) is -0.771. The third-order valence-corrected chi connectivity index (χ3v) is 6.08. The number of hydrogen-bond donors (Lipinski definition) is 0. The zero-order valence-corrected chi connectivity index (χ0v) is 14.8. The Morgan fingerprint density at radius 1 is 1.16 bits per heavy atom. The minimum Gasteiger partial charge on any atom is -0.335 e. The molecule has 0 atom stereocenters. The molecule has 3 rings (SSSR count). The first-order valence-corrected chi connectivity index (χ1v) is 9.28. The van der Waals surface area contributed by atoms with E-state index in [1.807, 2.05) is 0 Å². The molecule has 0 unspecified atom stereocenters. The van der Waals surface area contributed by atoms with Crippen LogP contribution in [-0.2, 0) is 17.1 Å². The number of rotatable bonds is 3. The van der Waals surface area contributed by atoms with Crippen molar-refractivity contribution in [1.82, 2.24) is 19.0 Å². The Bertz CT molecular complexity index is 902. The predicted molar refractivity (Wildman–Crippen MR) is 89.0 cm³/mol. The minimum absolute atomic E-state index is 0.0745. The standard InChI is InChI=1S/C16H19FN4O3S/c1-12-10-15(19(2)18-12)16(22)20-6-8-21(9-7-20)25(23,24)14-5-3-4-13(17)11-14/h3-5,10-11H,6-9H2,1-2H3. The lowest BCUT2D eigenvalue weighted by atomic mass is 10.3. The fourth-order valence-corrected chi connectivity index (χ4v) is 4.34. The molecule has 1 amide bonds. The highest BCUT2D eigenvalue weighted by Gasteiger charge is 2.31. The van der Waals surface area contributed by atoms with Crippen molar-refractivity contribution in [2.45, 2.75) is 11.8 Å². The van der Waals surface area contributed by atoms with Crippen LogP contribution < -0.4 is 0 Å². The second-order valence-corrected chi connectivity index (χ2v) is 7.89. The number of hydrogen-bond acceptors (Lipinski definition) is 4. The van der Waals surface area contributed by atoms with E-state index >= 15 is 0 Å². The molecule has 9 heteroatoms. The molecule has 0 bridgehead atoms. The Morgan fingerprint density at radius 2 is 1.84 bits per heavy atom. The van der Waals surface area contributed by atoms with Crippen LogP contribution in [0, 0.1) is 12.7 Å². The number of benzene rings is 1. The van der Waals surface area contributed by atoms with Gasteiger partial charge in [0.25, 0.3) is 5.91 Å². The lowest BCUT2D eigenvalue weighted by molar-refractivity contribution is 0.0687. The van der Waals surface area contributed by atoms with Crippen LogP contribution in [0.4, 0.5) is 4.39 Å². The number of halogens is 1. The first-order valence-electron chi connectivity index (χ1n) is 7.84. The Morgan fingerprint density at radius 3 is 2.40 bits per heavy atom. The largest absolute Gasteiger partial charge is 0.335 e. The van der Waals surface area contributed by atoms with Gasteiger partial charge in [-0.25, -0.2) is 12.8 Å². The summed E-state index contributed by atoms with van der Waals surface area (Å²) in [6.07, 6.45) is 0. The third-order valence-electron chi connectivity index (χ3n) is 4.18. The van der Waals surface area contributed by atoms with Crippen LogP contribution in [0.2, 0.25) is 0 Å². The number of carbonyl (C=O) groups excluding carboxylic acids is 1. The first kappa shape index (κ1) is 17.6. The Labute approximate surface area is 145 Å². The van der Waals surface area contributed by atoms with Crippen molar-refractivity contribution < 1.29 is 17.6 Å². The van der Waals surface area contributed by atoms with Crippen molar-refractivity contribution in [2.24, 2.45) is 7.05 Å². The molecule has 1 fully saturated rings. The van der Waals surface area contributed by atoms with Crippen LogP contribution in [0.5, 0.6) is 0 Å². The number of nitrogens with zero attached hydrogens (tertiary/aromatic N) is 4. The monoisotopic (exact) mass is 366 g/mol. The summed E-state index contributed by atoms with van der Waals surface area (Å²) >= 11 is 0. The summed E-state index contributed by atoms with van der Waals surface area (Å²) < 4.78 is 41.3. The van der Waals surface area contributed by atoms with E-state index in [4.69, 9.17) is 0 Å². The van der Waals surface area contributed by atoms with Gasteiger partial charge in [0.05, 0.1) is 10.6 Å². The minimum atomic E-state index is -3.76. The fourth-order valence-electron chi connectivity index (χ4n) is 2.88. The Balaban J connectivity index is 1.71. The molecule has 1 aromatic heterocycles. The highest BCUT2D eigenvalue weighted by atomic mass is 32.2. The van der Waals surface area contributed by atoms with Crippen molar-refractivity contribution in [3.8, 4) is 0 Å². The summed E-state index contributed by atoms with van der Waals surface area (Å²) in [5, 5.41) is 4.16. The van der Waals surface area contributed by atoms with Crippen molar-refractivity contribution in [3.05, 3.63) is 47.5 Å². The third kappa shape index (κ3) is 3.42. The van der Waals surface area contributed by atoms with Crippen LogP contribution in [0.3, 0.4) is 0 Å². The van der Waals surface area contributed by atoms with Gasteiger partial charge < -0.3 is 4.90 Å². The first-order chi connectivity index (χ1) is 11.8. The molecule has 25 heavy (non-hydrogen) atoms. The SMILES string of the molecule is Cc1cc(C(=O)N2CCN(S(=O)(=O)c3cccc(F)c3)CC2)n(C)n1. The van der Waals surface area contributed by atoms with Gasteiger partial charge >= 0.3 is 0 Å². The molecule has 0 aliphatic carbocycles. The maximum absolute atomic E-state index is 13.3. The molecular formula is C16H19FN4O3S. The van der Waals surface area contributed by atoms with E-state index in [0.717, 1.165) is 11.8 Å². The molecule has 7 nitrogen and oxygen atoms in total. The molecule has 0 N–H and O–H groups in total. The van der Waals surface area contributed by atoms with E-state index in [2.05, 4.69) is 5.10 Å². The normalized spacial score (nSPS) is 16.2. The van der Waals surface area contributed by atoms with Gasteiger partial charge in [-0.15, -0.1) is 0 Å². The topological polar surface area (TPSA) is 75.5 Å². The number of piperazine rings is 1. The highest BCUT2D eigenvalue weighted by molar-refractivity contribution is 7.89. The van der Waals surface area contributed by atoms with Gasteiger partial charge in [-0.2, -0.15) is 9.40 Å². The second kappa shape index (κ2) is 6.57. The predicted octanol–water partition coefficient (Wildman–Crippen LogP) is 1.01. The van der Waals surface area contributed by atoms with Gasteiger partial charge in [0.1, 0.15) is 11.5 Å². The molecule has 0 saturated carbocycles. The Kier molecular flexibility index (Phi) is 4.61. The number of aromatic nitrogens is 2. The molecule has 1 saturated heterocycles. The average molecular weight is 366 g/mol. The maximum atomic E-state index is 13.3. The lowest BCUT2D eigenvalue weighted by Gasteiger charge is -2.33. The van der Waals surface area contributed by atoms with Crippen LogP contribution in [0.15, 0.2) is 35.2 Å². The van der Waals surface area contributed by atoms with Crippen molar-refractivity contribution in [3.63, 3.8) is 0 Å². The van der Waals surface area contributed by atoms with Crippen LogP contribution in [0.1, 0.15) is 16.2 Å². The van der Waals surface area contributed by atoms with Crippen LogP contribution in [0.25, 0.3) is 0 Å². The van der Waals surface area contributed by atoms with E-state index in [1.165, 1.54) is 27.2 Å². The fraction of sp³-hybridized carbons (Fsp3) is 0.375. The molecule has 2 aromatic rings. The average Bonchev–Trinajstić information content (AvgIpc) is 2.92. The number of aryl methyl sites for hydroxylation is 2. The maximum Gasteiger partial charge on any atom is 0.272 e. The van der Waals surface area contributed by atoms with Gasteiger partial charge in [-0.1, -0.05) is 6.07 Å². The van der Waals surface area contributed by atoms with E-state index in [1.54, 1.807) is 24.9 Å². The zero-order chi connectivity index (χ0) is 18.2. The van der Waals surface area contributed by atoms with Gasteiger partial charge in [-0.05, 0) is 31.2 Å². The Hall–Kier alpha value is -2.26. The lowest BCUT2D eigenvalue weighted by Crippen LogP contribution is -2.50. The summed E-state index contributed by atoms with van der Waals surface area (Å²) in [4.78, 5) is 14.1. The molecule has 0 radical (unpaired) electrons. The molecule has 1 aromatic carbocycles.